The zero-order valence-electron chi connectivity index (χ0n) is 16.9. The maximum atomic E-state index is 12.5. The molecule has 1 aromatic carbocycles. The second-order valence-electron chi connectivity index (χ2n) is 7.05. The first kappa shape index (κ1) is 21.4. The van der Waals surface area contributed by atoms with Crippen molar-refractivity contribution in [2.24, 2.45) is 17.4 Å². The molecule has 3 rings (SSSR count). The molecule has 7 N–H and O–H groups in total. The van der Waals surface area contributed by atoms with Crippen molar-refractivity contribution in [2.45, 2.75) is 19.9 Å². The van der Waals surface area contributed by atoms with E-state index in [0.29, 0.717) is 17.1 Å². The van der Waals surface area contributed by atoms with Crippen molar-refractivity contribution >= 4 is 29.3 Å². The van der Waals surface area contributed by atoms with Gasteiger partial charge in [-0.15, -0.1) is 0 Å². The number of hydrogen-bond donors (Lipinski definition) is 5. The van der Waals surface area contributed by atoms with Gasteiger partial charge in [0, 0.05) is 23.6 Å². The number of anilines is 3. The van der Waals surface area contributed by atoms with Crippen LogP contribution >= 0.6 is 0 Å². The maximum absolute atomic E-state index is 12.5. The first-order chi connectivity index (χ1) is 14.8. The monoisotopic (exact) mass is 422 g/mol. The van der Waals surface area contributed by atoms with Gasteiger partial charge in [0.15, 0.2) is 11.6 Å². The van der Waals surface area contributed by atoms with Crippen molar-refractivity contribution in [3.8, 4) is 11.4 Å². The number of amides is 2. The summed E-state index contributed by atoms with van der Waals surface area (Å²) in [6.07, 6.45) is 3.24. The fourth-order valence-corrected chi connectivity index (χ4v) is 2.90. The van der Waals surface area contributed by atoms with Crippen LogP contribution in [0.4, 0.5) is 17.5 Å². The molecule has 1 atom stereocenters. The average molecular weight is 422 g/mol. The number of benzene rings is 1. The van der Waals surface area contributed by atoms with Gasteiger partial charge in [-0.25, -0.2) is 9.97 Å². The highest BCUT2D eigenvalue weighted by molar-refractivity contribution is 5.98. The standard InChI is InChI=1S/C20H22N8O3/c1-10(2)14(16(22)30)26-20-27-18(13(15(21)29)19(31)28-20)25-12-6-3-5-11(9-12)17-23-7-4-8-24-17/h3-10,14H,1-2H3,(H2,21,29)(H2,22,30)(H3,25,26,27,28,31). The molecule has 2 aromatic heterocycles. The van der Waals surface area contributed by atoms with Crippen molar-refractivity contribution < 1.29 is 9.59 Å². The Kier molecular flexibility index (Phi) is 6.24. The molecule has 0 saturated heterocycles. The largest absolute Gasteiger partial charge is 0.368 e. The van der Waals surface area contributed by atoms with Gasteiger partial charge in [0.05, 0.1) is 0 Å². The number of nitrogens with zero attached hydrogens (tertiary/aromatic N) is 3. The number of aromatic nitrogens is 4. The van der Waals surface area contributed by atoms with E-state index in [2.05, 4.69) is 30.6 Å². The Hall–Kier alpha value is -4.28. The predicted octanol–water partition coefficient (Wildman–Crippen LogP) is 0.991. The zero-order valence-corrected chi connectivity index (χ0v) is 16.9. The molecule has 11 nitrogen and oxygen atoms in total. The van der Waals surface area contributed by atoms with Gasteiger partial charge in [0.25, 0.3) is 11.5 Å². The van der Waals surface area contributed by atoms with Crippen LogP contribution in [-0.4, -0.2) is 37.8 Å². The zero-order chi connectivity index (χ0) is 22.5. The number of carbonyl (C=O) groups excluding carboxylic acids is 2. The molecule has 3 aromatic rings. The molecule has 2 amide bonds. The lowest BCUT2D eigenvalue weighted by Gasteiger charge is -2.20. The third kappa shape index (κ3) is 5.01. The van der Waals surface area contributed by atoms with Gasteiger partial charge >= 0.3 is 0 Å². The van der Waals surface area contributed by atoms with Crippen molar-refractivity contribution in [3.05, 3.63) is 58.6 Å². The van der Waals surface area contributed by atoms with Crippen LogP contribution in [0.15, 0.2) is 47.5 Å². The van der Waals surface area contributed by atoms with Gasteiger partial charge in [0.2, 0.25) is 11.9 Å². The Morgan fingerprint density at radius 2 is 1.81 bits per heavy atom. The van der Waals surface area contributed by atoms with E-state index in [1.807, 2.05) is 6.07 Å². The Bertz CT molecular complexity index is 1160. The summed E-state index contributed by atoms with van der Waals surface area (Å²) in [6, 6.07) is 7.94. The minimum absolute atomic E-state index is 0.0300. The Morgan fingerprint density at radius 3 is 2.42 bits per heavy atom. The van der Waals surface area contributed by atoms with E-state index in [4.69, 9.17) is 11.5 Å². The van der Waals surface area contributed by atoms with Crippen molar-refractivity contribution in [2.75, 3.05) is 10.6 Å². The van der Waals surface area contributed by atoms with Crippen LogP contribution < -0.4 is 27.7 Å². The van der Waals surface area contributed by atoms with E-state index in [-0.39, 0.29) is 23.2 Å². The summed E-state index contributed by atoms with van der Waals surface area (Å²) >= 11 is 0. The summed E-state index contributed by atoms with van der Waals surface area (Å²) in [5.41, 5.74) is 10.9. The molecule has 0 fully saturated rings. The molecule has 0 aliphatic carbocycles. The van der Waals surface area contributed by atoms with Crippen LogP contribution in [-0.2, 0) is 4.79 Å². The van der Waals surface area contributed by atoms with Crippen LogP contribution in [0.1, 0.15) is 24.2 Å². The van der Waals surface area contributed by atoms with Crippen LogP contribution in [0, 0.1) is 5.92 Å². The van der Waals surface area contributed by atoms with Crippen LogP contribution in [0.25, 0.3) is 11.4 Å². The molecular weight excluding hydrogens is 400 g/mol. The summed E-state index contributed by atoms with van der Waals surface area (Å²) in [5.74, 6) is -1.34. The summed E-state index contributed by atoms with van der Waals surface area (Å²) < 4.78 is 0. The summed E-state index contributed by atoms with van der Waals surface area (Å²) in [6.45, 7) is 3.57. The number of nitrogens with one attached hydrogen (secondary N) is 3. The Morgan fingerprint density at radius 1 is 1.10 bits per heavy atom. The van der Waals surface area contributed by atoms with Crippen LogP contribution in [0.2, 0.25) is 0 Å². The first-order valence-corrected chi connectivity index (χ1v) is 9.40. The lowest BCUT2D eigenvalue weighted by molar-refractivity contribution is -0.119. The van der Waals surface area contributed by atoms with Crippen molar-refractivity contribution in [1.82, 2.24) is 19.9 Å². The van der Waals surface area contributed by atoms with Gasteiger partial charge in [0.1, 0.15) is 11.6 Å². The number of H-pyrrole nitrogens is 1. The van der Waals surface area contributed by atoms with E-state index in [1.165, 1.54) is 0 Å². The number of hydrogen-bond acceptors (Lipinski definition) is 8. The Balaban J connectivity index is 2.00. The summed E-state index contributed by atoms with van der Waals surface area (Å²) in [7, 11) is 0. The van der Waals surface area contributed by atoms with E-state index >= 15 is 0 Å². The van der Waals surface area contributed by atoms with Crippen LogP contribution in [0.3, 0.4) is 0 Å². The van der Waals surface area contributed by atoms with E-state index in [1.54, 1.807) is 50.5 Å². The highest BCUT2D eigenvalue weighted by atomic mass is 16.2. The highest BCUT2D eigenvalue weighted by Crippen LogP contribution is 2.23. The second kappa shape index (κ2) is 9.03. The minimum atomic E-state index is -0.958. The number of nitrogens with two attached hydrogens (primary N) is 2. The minimum Gasteiger partial charge on any atom is -0.368 e. The SMILES string of the molecule is CC(C)C(Nc1nc(Nc2cccc(-c3ncccn3)c2)c(C(N)=O)c(=O)[nH]1)C(N)=O. The number of carbonyl (C=O) groups is 2. The van der Waals surface area contributed by atoms with Gasteiger partial charge in [-0.05, 0) is 24.1 Å². The molecule has 160 valence electrons. The molecule has 0 spiro atoms. The number of aromatic amines is 1. The lowest BCUT2D eigenvalue weighted by atomic mass is 10.0. The quantitative estimate of drug-likeness (QED) is 0.356. The molecule has 0 aliphatic rings. The molecule has 0 saturated carbocycles. The lowest BCUT2D eigenvalue weighted by Crippen LogP contribution is -2.40. The molecule has 0 aliphatic heterocycles. The highest BCUT2D eigenvalue weighted by Gasteiger charge is 2.23. The van der Waals surface area contributed by atoms with Crippen molar-refractivity contribution in [1.29, 1.82) is 0 Å². The molecular formula is C20H22N8O3. The van der Waals surface area contributed by atoms with Gasteiger partial charge in [-0.2, -0.15) is 4.98 Å². The van der Waals surface area contributed by atoms with Gasteiger partial charge in [-0.3, -0.25) is 19.4 Å². The third-order valence-corrected chi connectivity index (χ3v) is 4.38. The van der Waals surface area contributed by atoms with E-state index in [0.717, 1.165) is 0 Å². The van der Waals surface area contributed by atoms with E-state index < -0.39 is 23.4 Å². The van der Waals surface area contributed by atoms with Gasteiger partial charge < -0.3 is 22.1 Å². The summed E-state index contributed by atoms with van der Waals surface area (Å²) in [5, 5.41) is 5.73. The maximum Gasteiger partial charge on any atom is 0.267 e. The van der Waals surface area contributed by atoms with Crippen LogP contribution in [0.5, 0.6) is 0 Å². The second-order valence-corrected chi connectivity index (χ2v) is 7.05. The number of rotatable bonds is 8. The normalized spacial score (nSPS) is 11.7. The van der Waals surface area contributed by atoms with Crippen molar-refractivity contribution in [3.63, 3.8) is 0 Å². The molecule has 1 unspecified atom stereocenters. The van der Waals surface area contributed by atoms with Gasteiger partial charge in [-0.1, -0.05) is 26.0 Å². The third-order valence-electron chi connectivity index (χ3n) is 4.38. The molecule has 11 heteroatoms. The topological polar surface area (TPSA) is 182 Å². The molecule has 0 bridgehead atoms. The van der Waals surface area contributed by atoms with E-state index in [9.17, 15) is 14.4 Å². The molecule has 31 heavy (non-hydrogen) atoms. The summed E-state index contributed by atoms with van der Waals surface area (Å²) in [4.78, 5) is 51.1. The smallest absolute Gasteiger partial charge is 0.267 e. The predicted molar refractivity (Wildman–Crippen MR) is 116 cm³/mol. The fraction of sp³-hybridized carbons (Fsp3) is 0.200. The average Bonchev–Trinajstić information content (AvgIpc) is 2.72. The molecule has 2 heterocycles. The Labute approximate surface area is 177 Å². The number of primary amides is 2. The fourth-order valence-electron chi connectivity index (χ4n) is 2.90. The first-order valence-electron chi connectivity index (χ1n) is 9.40. The molecule has 0 radical (unpaired) electrons.